The first kappa shape index (κ1) is 23.4. The van der Waals surface area contributed by atoms with Gasteiger partial charge in [0.1, 0.15) is 17.3 Å². The van der Waals surface area contributed by atoms with E-state index in [-0.39, 0.29) is 16.4 Å². The van der Waals surface area contributed by atoms with Gasteiger partial charge in [-0.1, -0.05) is 35.9 Å². The van der Waals surface area contributed by atoms with Crippen molar-refractivity contribution >= 4 is 34.7 Å². The average Bonchev–Trinajstić information content (AvgIpc) is 3.09. The van der Waals surface area contributed by atoms with Gasteiger partial charge in [0.15, 0.2) is 0 Å². The molecule has 3 aromatic rings. The lowest BCUT2D eigenvalue weighted by Gasteiger charge is -2.26. The van der Waals surface area contributed by atoms with E-state index in [4.69, 9.17) is 21.1 Å². The number of anilines is 1. The summed E-state index contributed by atoms with van der Waals surface area (Å²) in [4.78, 5) is 28.0. The summed E-state index contributed by atoms with van der Waals surface area (Å²) in [6.07, 6.45) is 0. The number of methoxy groups -OCH3 is 1. The second-order valence-corrected chi connectivity index (χ2v) is 8.27. The lowest BCUT2D eigenvalue weighted by atomic mass is 9.95. The molecule has 4 rings (SSSR count). The van der Waals surface area contributed by atoms with Crippen LogP contribution in [0.5, 0.6) is 11.5 Å². The highest BCUT2D eigenvalue weighted by atomic mass is 35.5. The molecule has 1 saturated heterocycles. The number of ether oxygens (including phenoxy) is 2. The fourth-order valence-corrected chi connectivity index (χ4v) is 4.36. The third-order valence-electron chi connectivity index (χ3n) is 5.63. The molecule has 0 spiro atoms. The van der Waals surface area contributed by atoms with Gasteiger partial charge in [0.25, 0.3) is 11.7 Å². The minimum atomic E-state index is -0.858. The number of hydrogen-bond donors (Lipinski definition) is 1. The molecule has 0 radical (unpaired) electrons. The number of aliphatic hydroxyl groups is 1. The molecular formula is C27H24ClNO5. The van der Waals surface area contributed by atoms with Crippen LogP contribution in [0.25, 0.3) is 5.76 Å². The van der Waals surface area contributed by atoms with Crippen molar-refractivity contribution in [2.24, 2.45) is 0 Å². The Labute approximate surface area is 203 Å². The summed E-state index contributed by atoms with van der Waals surface area (Å²) < 4.78 is 10.8. The normalized spacial score (nSPS) is 17.2. The SMILES string of the molecule is CCOc1cccc(C2/C(=C(\O)c3ccc(OC)c(Cl)c3)C(=O)C(=O)N2c2cccc(C)c2)c1. The molecule has 3 aromatic carbocycles. The number of carbonyl (C=O) groups is 2. The molecule has 0 aromatic heterocycles. The Morgan fingerprint density at radius 3 is 2.50 bits per heavy atom. The largest absolute Gasteiger partial charge is 0.507 e. The van der Waals surface area contributed by atoms with Gasteiger partial charge in [-0.25, -0.2) is 0 Å². The summed E-state index contributed by atoms with van der Waals surface area (Å²) in [5.74, 6) is -0.789. The van der Waals surface area contributed by atoms with Gasteiger partial charge in [-0.3, -0.25) is 14.5 Å². The van der Waals surface area contributed by atoms with Crippen LogP contribution in [-0.2, 0) is 9.59 Å². The average molecular weight is 478 g/mol. The Morgan fingerprint density at radius 2 is 1.82 bits per heavy atom. The van der Waals surface area contributed by atoms with E-state index < -0.39 is 17.7 Å². The number of hydrogen-bond acceptors (Lipinski definition) is 5. The Hall–Kier alpha value is -3.77. The third kappa shape index (κ3) is 4.24. The van der Waals surface area contributed by atoms with Crippen molar-refractivity contribution in [1.29, 1.82) is 0 Å². The van der Waals surface area contributed by atoms with Gasteiger partial charge < -0.3 is 14.6 Å². The van der Waals surface area contributed by atoms with Gasteiger partial charge in [0.2, 0.25) is 0 Å². The van der Waals surface area contributed by atoms with Crippen molar-refractivity contribution in [3.05, 3.63) is 94.0 Å². The second-order valence-electron chi connectivity index (χ2n) is 7.86. The Morgan fingerprint density at radius 1 is 1.06 bits per heavy atom. The molecule has 7 heteroatoms. The maximum atomic E-state index is 13.3. The first-order chi connectivity index (χ1) is 16.3. The van der Waals surface area contributed by atoms with Crippen LogP contribution in [0.2, 0.25) is 5.02 Å². The minimum absolute atomic E-state index is 0.0265. The highest BCUT2D eigenvalue weighted by molar-refractivity contribution is 6.51. The van der Waals surface area contributed by atoms with Crippen LogP contribution >= 0.6 is 11.6 Å². The summed E-state index contributed by atoms with van der Waals surface area (Å²) in [5.41, 5.74) is 2.40. The van der Waals surface area contributed by atoms with Crippen LogP contribution in [-0.4, -0.2) is 30.5 Å². The lowest BCUT2D eigenvalue weighted by molar-refractivity contribution is -0.132. The van der Waals surface area contributed by atoms with Gasteiger partial charge in [0, 0.05) is 11.3 Å². The number of ketones is 1. The molecule has 1 fully saturated rings. The van der Waals surface area contributed by atoms with E-state index in [1.807, 2.05) is 32.0 Å². The predicted octanol–water partition coefficient (Wildman–Crippen LogP) is 5.68. The smallest absolute Gasteiger partial charge is 0.300 e. The molecule has 1 atom stereocenters. The number of Topliss-reactive ketones (excluding diaryl/α,β-unsaturated/α-hetero) is 1. The first-order valence-corrected chi connectivity index (χ1v) is 11.2. The molecule has 1 aliphatic heterocycles. The molecule has 1 N–H and O–H groups in total. The zero-order chi connectivity index (χ0) is 24.4. The molecule has 1 unspecified atom stereocenters. The third-order valence-corrected chi connectivity index (χ3v) is 5.93. The Kier molecular flexibility index (Phi) is 6.61. The molecular weight excluding hydrogens is 454 g/mol. The van der Waals surface area contributed by atoms with Crippen molar-refractivity contribution in [2.45, 2.75) is 19.9 Å². The number of benzene rings is 3. The van der Waals surface area contributed by atoms with Crippen LogP contribution in [0.3, 0.4) is 0 Å². The van der Waals surface area contributed by atoms with Crippen molar-refractivity contribution < 1.29 is 24.2 Å². The molecule has 6 nitrogen and oxygen atoms in total. The summed E-state index contributed by atoms with van der Waals surface area (Å²) in [6.45, 7) is 4.24. The van der Waals surface area contributed by atoms with Crippen LogP contribution in [0.15, 0.2) is 72.3 Å². The number of rotatable bonds is 6. The minimum Gasteiger partial charge on any atom is -0.507 e. The zero-order valence-corrected chi connectivity index (χ0v) is 19.8. The molecule has 0 saturated carbocycles. The quantitative estimate of drug-likeness (QED) is 0.281. The van der Waals surface area contributed by atoms with E-state index in [0.29, 0.717) is 34.9 Å². The fraction of sp³-hybridized carbons (Fsp3) is 0.185. The van der Waals surface area contributed by atoms with E-state index in [2.05, 4.69) is 0 Å². The van der Waals surface area contributed by atoms with Gasteiger partial charge in [-0.2, -0.15) is 0 Å². The molecule has 174 valence electrons. The van der Waals surface area contributed by atoms with Crippen LogP contribution in [0, 0.1) is 6.92 Å². The van der Waals surface area contributed by atoms with E-state index in [0.717, 1.165) is 5.56 Å². The number of aryl methyl sites for hydroxylation is 1. The summed E-state index contributed by atoms with van der Waals surface area (Å²) in [7, 11) is 1.49. The monoisotopic (exact) mass is 477 g/mol. The number of aliphatic hydroxyl groups excluding tert-OH is 1. The number of carbonyl (C=O) groups excluding carboxylic acids is 2. The van der Waals surface area contributed by atoms with Gasteiger partial charge in [0.05, 0.1) is 30.4 Å². The maximum absolute atomic E-state index is 13.3. The van der Waals surface area contributed by atoms with Crippen molar-refractivity contribution in [2.75, 3.05) is 18.6 Å². The maximum Gasteiger partial charge on any atom is 0.300 e. The predicted molar refractivity (Wildman–Crippen MR) is 132 cm³/mol. The Balaban J connectivity index is 1.94. The van der Waals surface area contributed by atoms with Crippen LogP contribution < -0.4 is 14.4 Å². The summed E-state index contributed by atoms with van der Waals surface area (Å²) >= 11 is 6.26. The standard InChI is InChI=1S/C27H24ClNO5/c1-4-34-20-10-6-8-17(14-20)24-23(25(30)18-11-12-22(33-3)21(28)15-18)26(31)27(32)29(24)19-9-5-7-16(2)13-19/h5-15,24,30H,4H2,1-3H3/b25-23+. The highest BCUT2D eigenvalue weighted by Gasteiger charge is 2.47. The second kappa shape index (κ2) is 9.61. The van der Waals surface area contributed by atoms with Crippen LogP contribution in [0.1, 0.15) is 29.7 Å². The molecule has 1 aliphatic rings. The van der Waals surface area contributed by atoms with Crippen molar-refractivity contribution in [3.8, 4) is 11.5 Å². The van der Waals surface area contributed by atoms with E-state index in [1.54, 1.807) is 42.5 Å². The topological polar surface area (TPSA) is 76.1 Å². The number of amides is 1. The molecule has 1 amide bonds. The van der Waals surface area contributed by atoms with Crippen molar-refractivity contribution in [3.63, 3.8) is 0 Å². The van der Waals surface area contributed by atoms with Gasteiger partial charge in [-0.05, 0) is 67.4 Å². The number of nitrogens with zero attached hydrogens (tertiary/aromatic N) is 1. The molecule has 0 aliphatic carbocycles. The molecule has 0 bridgehead atoms. The van der Waals surface area contributed by atoms with E-state index >= 15 is 0 Å². The van der Waals surface area contributed by atoms with Gasteiger partial charge in [-0.15, -0.1) is 0 Å². The summed E-state index contributed by atoms with van der Waals surface area (Å²) in [6, 6.07) is 18.3. The zero-order valence-electron chi connectivity index (χ0n) is 19.0. The highest BCUT2D eigenvalue weighted by Crippen LogP contribution is 2.43. The molecule has 34 heavy (non-hydrogen) atoms. The summed E-state index contributed by atoms with van der Waals surface area (Å²) in [5, 5.41) is 11.5. The van der Waals surface area contributed by atoms with E-state index in [9.17, 15) is 14.7 Å². The number of halogens is 1. The van der Waals surface area contributed by atoms with Crippen LogP contribution in [0.4, 0.5) is 5.69 Å². The van der Waals surface area contributed by atoms with Gasteiger partial charge >= 0.3 is 0 Å². The van der Waals surface area contributed by atoms with E-state index in [1.165, 1.54) is 18.1 Å². The lowest BCUT2D eigenvalue weighted by Crippen LogP contribution is -2.29. The van der Waals surface area contributed by atoms with Crippen molar-refractivity contribution in [1.82, 2.24) is 0 Å². The first-order valence-electron chi connectivity index (χ1n) is 10.8. The Bertz CT molecular complexity index is 1300. The fourth-order valence-electron chi connectivity index (χ4n) is 4.10. The molecule has 1 heterocycles.